The second kappa shape index (κ2) is 12.2. The molecule has 0 spiro atoms. The normalized spacial score (nSPS) is 11.9. The van der Waals surface area contributed by atoms with Gasteiger partial charge in [-0.25, -0.2) is 0 Å². The van der Waals surface area contributed by atoms with Crippen molar-refractivity contribution in [2.24, 2.45) is 0 Å². The predicted octanol–water partition coefficient (Wildman–Crippen LogP) is 15.8. The first-order valence-electron chi connectivity index (χ1n) is 18.9. The van der Waals surface area contributed by atoms with Crippen molar-refractivity contribution in [3.05, 3.63) is 188 Å². The molecule has 0 aliphatic heterocycles. The lowest BCUT2D eigenvalue weighted by molar-refractivity contribution is 0.668. The van der Waals surface area contributed by atoms with Gasteiger partial charge in [0.25, 0.3) is 0 Å². The van der Waals surface area contributed by atoms with E-state index in [1.165, 1.54) is 42.1 Å². The van der Waals surface area contributed by atoms with Crippen LogP contribution < -0.4 is 4.90 Å². The molecule has 0 aliphatic carbocycles. The third-order valence-electron chi connectivity index (χ3n) is 11.3. The number of anilines is 3. The highest BCUT2D eigenvalue weighted by atomic mass is 32.1. The van der Waals surface area contributed by atoms with Crippen molar-refractivity contribution in [3.63, 3.8) is 0 Å². The van der Waals surface area contributed by atoms with Gasteiger partial charge in [0, 0.05) is 64.8 Å². The molecule has 0 unspecified atom stereocenters. The lowest BCUT2D eigenvalue weighted by Crippen LogP contribution is -2.09. The zero-order valence-corrected chi connectivity index (χ0v) is 30.9. The minimum Gasteiger partial charge on any atom is -0.456 e. The van der Waals surface area contributed by atoms with Gasteiger partial charge in [-0.2, -0.15) is 0 Å². The third kappa shape index (κ3) is 4.76. The lowest BCUT2D eigenvalue weighted by Gasteiger charge is -2.26. The van der Waals surface area contributed by atoms with Gasteiger partial charge in [0.1, 0.15) is 22.3 Å². The number of fused-ring (bicyclic) bond motifs is 11. The molecule has 4 heteroatoms. The van der Waals surface area contributed by atoms with Gasteiger partial charge in [-0.05, 0) is 93.7 Å². The molecule has 0 saturated carbocycles. The summed E-state index contributed by atoms with van der Waals surface area (Å²) in [5.41, 5.74) is 11.3. The predicted molar refractivity (Wildman–Crippen MR) is 237 cm³/mol. The van der Waals surface area contributed by atoms with E-state index in [4.69, 9.17) is 8.83 Å². The number of para-hydroxylation sites is 1. The Morgan fingerprint density at radius 1 is 0.321 bits per heavy atom. The Labute approximate surface area is 325 Å². The van der Waals surface area contributed by atoms with Crippen LogP contribution in [-0.2, 0) is 0 Å². The topological polar surface area (TPSA) is 29.5 Å². The molecule has 0 atom stereocenters. The monoisotopic (exact) mass is 733 g/mol. The van der Waals surface area contributed by atoms with Gasteiger partial charge in [-0.15, -0.1) is 11.3 Å². The Morgan fingerprint density at radius 2 is 0.929 bits per heavy atom. The van der Waals surface area contributed by atoms with Crippen LogP contribution in [0, 0.1) is 0 Å². The van der Waals surface area contributed by atoms with Gasteiger partial charge in [-0.3, -0.25) is 0 Å². The van der Waals surface area contributed by atoms with E-state index in [-0.39, 0.29) is 0 Å². The van der Waals surface area contributed by atoms with Gasteiger partial charge in [0.2, 0.25) is 0 Å². The van der Waals surface area contributed by atoms with Crippen LogP contribution in [0.2, 0.25) is 0 Å². The smallest absolute Gasteiger partial charge is 0.137 e. The molecule has 0 amide bonds. The summed E-state index contributed by atoms with van der Waals surface area (Å²) in [4.78, 5) is 2.35. The number of hydrogen-bond acceptors (Lipinski definition) is 4. The Morgan fingerprint density at radius 3 is 1.79 bits per heavy atom. The van der Waals surface area contributed by atoms with E-state index >= 15 is 0 Å². The Hall–Kier alpha value is -7.14. The Kier molecular flexibility index (Phi) is 6.80. The summed E-state index contributed by atoms with van der Waals surface area (Å²) in [5, 5.41) is 9.38. The molecule has 12 aromatic rings. The number of furan rings is 2. The van der Waals surface area contributed by atoms with Gasteiger partial charge in [0.05, 0.1) is 0 Å². The molecule has 56 heavy (non-hydrogen) atoms. The van der Waals surface area contributed by atoms with Gasteiger partial charge in [0.15, 0.2) is 0 Å². The second-order valence-corrected chi connectivity index (χ2v) is 15.5. The maximum Gasteiger partial charge on any atom is 0.137 e. The molecular formula is C52H31NO2S. The first-order chi connectivity index (χ1) is 27.7. The number of benzene rings is 9. The van der Waals surface area contributed by atoms with E-state index in [1.54, 1.807) is 0 Å². The van der Waals surface area contributed by atoms with E-state index < -0.39 is 0 Å². The van der Waals surface area contributed by atoms with Crippen molar-refractivity contribution in [3.8, 4) is 22.3 Å². The molecule has 3 aromatic heterocycles. The van der Waals surface area contributed by atoms with E-state index in [0.29, 0.717) is 0 Å². The van der Waals surface area contributed by atoms with E-state index in [1.807, 2.05) is 23.5 Å². The highest BCUT2D eigenvalue weighted by Crippen LogP contribution is 2.46. The van der Waals surface area contributed by atoms with Crippen molar-refractivity contribution < 1.29 is 8.83 Å². The fourth-order valence-corrected chi connectivity index (χ4v) is 9.86. The van der Waals surface area contributed by atoms with Gasteiger partial charge < -0.3 is 13.7 Å². The zero-order valence-electron chi connectivity index (χ0n) is 30.1. The number of nitrogens with zero attached hydrogens (tertiary/aromatic N) is 1. The first kappa shape index (κ1) is 31.2. The van der Waals surface area contributed by atoms with Crippen molar-refractivity contribution in [2.45, 2.75) is 0 Å². The molecule has 262 valence electrons. The van der Waals surface area contributed by atoms with Gasteiger partial charge >= 0.3 is 0 Å². The van der Waals surface area contributed by atoms with E-state index in [0.717, 1.165) is 72.1 Å². The fourth-order valence-electron chi connectivity index (χ4n) is 8.72. The molecule has 9 aromatic carbocycles. The summed E-state index contributed by atoms with van der Waals surface area (Å²) < 4.78 is 15.8. The summed E-state index contributed by atoms with van der Waals surface area (Å²) in [6.07, 6.45) is 0. The average molecular weight is 734 g/mol. The minimum absolute atomic E-state index is 0.848. The molecule has 0 saturated heterocycles. The minimum atomic E-state index is 0.848. The van der Waals surface area contributed by atoms with E-state index in [2.05, 4.69) is 181 Å². The molecule has 0 aliphatic rings. The third-order valence-corrected chi connectivity index (χ3v) is 12.4. The second-order valence-electron chi connectivity index (χ2n) is 14.4. The van der Waals surface area contributed by atoms with Crippen LogP contribution in [0.5, 0.6) is 0 Å². The molecule has 3 heterocycles. The SMILES string of the molecule is c1ccc(-c2ccc(N(c3ccc4c(c3)oc3cc(-c5cccc6oc7ccccc7c56)c5ccccc5c34)c3ccc4c(c3)sc3ccccc34)cc2)cc1. The van der Waals surface area contributed by atoms with Gasteiger partial charge in [-0.1, -0.05) is 121 Å². The average Bonchev–Trinajstić information content (AvgIpc) is 3.95. The quantitative estimate of drug-likeness (QED) is 0.176. The van der Waals surface area contributed by atoms with Crippen molar-refractivity contribution in [2.75, 3.05) is 4.90 Å². The first-order valence-corrected chi connectivity index (χ1v) is 19.7. The maximum absolute atomic E-state index is 6.91. The number of thiophene rings is 1. The molecule has 3 nitrogen and oxygen atoms in total. The summed E-state index contributed by atoms with van der Waals surface area (Å²) in [6.45, 7) is 0. The highest BCUT2D eigenvalue weighted by Gasteiger charge is 2.21. The Bertz CT molecular complexity index is 3480. The lowest BCUT2D eigenvalue weighted by atomic mass is 9.92. The van der Waals surface area contributed by atoms with Crippen molar-refractivity contribution in [1.29, 1.82) is 0 Å². The molecule has 12 rings (SSSR count). The molecular weight excluding hydrogens is 703 g/mol. The van der Waals surface area contributed by atoms with E-state index in [9.17, 15) is 0 Å². The van der Waals surface area contributed by atoms with Crippen LogP contribution in [0.15, 0.2) is 197 Å². The van der Waals surface area contributed by atoms with Crippen molar-refractivity contribution >= 4 is 103 Å². The summed E-state index contributed by atoms with van der Waals surface area (Å²) in [7, 11) is 0. The van der Waals surface area contributed by atoms with Crippen molar-refractivity contribution in [1.82, 2.24) is 0 Å². The molecule has 0 bridgehead atoms. The highest BCUT2D eigenvalue weighted by molar-refractivity contribution is 7.25. The van der Waals surface area contributed by atoms with Crippen LogP contribution in [0.3, 0.4) is 0 Å². The summed E-state index contributed by atoms with van der Waals surface area (Å²) in [5.74, 6) is 0. The molecule has 0 N–H and O–H groups in total. The largest absolute Gasteiger partial charge is 0.456 e. The summed E-state index contributed by atoms with van der Waals surface area (Å²) in [6, 6.07) is 67.2. The number of rotatable bonds is 5. The number of hydrogen-bond donors (Lipinski definition) is 0. The van der Waals surface area contributed by atoms with Crippen LogP contribution in [0.1, 0.15) is 0 Å². The summed E-state index contributed by atoms with van der Waals surface area (Å²) >= 11 is 1.84. The molecule has 0 radical (unpaired) electrons. The van der Waals surface area contributed by atoms with Crippen LogP contribution >= 0.6 is 11.3 Å². The van der Waals surface area contributed by atoms with Crippen LogP contribution in [-0.4, -0.2) is 0 Å². The fraction of sp³-hybridized carbons (Fsp3) is 0. The van der Waals surface area contributed by atoms with Crippen LogP contribution in [0.4, 0.5) is 17.1 Å². The zero-order chi connectivity index (χ0) is 36.7. The standard InChI is InChI=1S/C52H31NO2S/c1-2-11-32(12-3-1)33-21-23-34(24-22-33)53(36-25-27-39-38-14-7-9-20-49(38)56-50(39)30-36)35-26-28-43-47(29-35)55-48-31-44(37-13-4-5-15-40(37)52(43)48)41-17-10-19-46-51(41)42-16-6-8-18-45(42)54-46/h1-31H. The molecule has 0 fully saturated rings. The van der Waals surface area contributed by atoms with Crippen LogP contribution in [0.25, 0.3) is 97.1 Å². The maximum atomic E-state index is 6.91. The Balaban J connectivity index is 1.06.